The number of carbonyl (C=O) groups excluding carboxylic acids is 3. The summed E-state index contributed by atoms with van der Waals surface area (Å²) in [6.07, 6.45) is 1.44. The number of rotatable bonds is 12. The first kappa shape index (κ1) is 30.7. The summed E-state index contributed by atoms with van der Waals surface area (Å²) in [4.78, 5) is 37.1. The van der Waals surface area contributed by atoms with Crippen molar-refractivity contribution in [2.75, 3.05) is 19.8 Å². The third-order valence-electron chi connectivity index (χ3n) is 4.78. The second kappa shape index (κ2) is 15.0. The Morgan fingerprint density at radius 2 is 1.78 bits per heavy atom. The maximum absolute atomic E-state index is 12.8. The fourth-order valence-electron chi connectivity index (χ4n) is 3.04. The van der Waals surface area contributed by atoms with Gasteiger partial charge in [0.2, 0.25) is 0 Å². The summed E-state index contributed by atoms with van der Waals surface area (Å²) in [7, 11) is 0. The summed E-state index contributed by atoms with van der Waals surface area (Å²) in [5.74, 6) is -0.843. The van der Waals surface area contributed by atoms with Crippen LogP contribution >= 0.6 is 45.8 Å². The highest BCUT2D eigenvalue weighted by atomic mass is 127. The highest BCUT2D eigenvalue weighted by molar-refractivity contribution is 14.1. The molecular weight excluding hydrogens is 636 g/mol. The molecule has 2 amide bonds. The smallest absolute Gasteiger partial charge is 0.344 e. The molecule has 12 heteroatoms. The van der Waals surface area contributed by atoms with E-state index in [1.165, 1.54) is 24.4 Å². The first-order valence-corrected chi connectivity index (χ1v) is 13.2. The number of carbonyl (C=O) groups is 3. The summed E-state index contributed by atoms with van der Waals surface area (Å²) < 4.78 is 16.8. The SMILES string of the molecule is CCOC(=O)COc1c(I)cc(/C=N/NC(=O)C(NC(=O)c2ccc(Cl)c(Cl)c2)C(C)C)cc1OCC. The Labute approximate surface area is 239 Å². The van der Waals surface area contributed by atoms with Gasteiger partial charge in [0.05, 0.1) is 33.0 Å². The van der Waals surface area contributed by atoms with Crippen molar-refractivity contribution in [3.8, 4) is 11.5 Å². The minimum atomic E-state index is -0.850. The van der Waals surface area contributed by atoms with Crippen LogP contribution < -0.4 is 20.2 Å². The predicted molar refractivity (Wildman–Crippen MR) is 151 cm³/mol. The van der Waals surface area contributed by atoms with Crippen molar-refractivity contribution in [1.82, 2.24) is 10.7 Å². The molecular formula is C25H28Cl2IN3O6. The summed E-state index contributed by atoms with van der Waals surface area (Å²) >= 11 is 14.0. The van der Waals surface area contributed by atoms with E-state index in [1.807, 2.05) is 6.92 Å². The van der Waals surface area contributed by atoms with Crippen LogP contribution in [-0.4, -0.2) is 49.9 Å². The monoisotopic (exact) mass is 663 g/mol. The van der Waals surface area contributed by atoms with Crippen LogP contribution in [0, 0.1) is 9.49 Å². The standard InChI is InChI=1S/C25H28Cl2IN3O6/c1-5-35-20-10-15(9-19(28)23(20)37-13-21(32)36-6-2)12-29-31-25(34)22(14(3)4)30-24(33)16-7-8-17(26)18(27)11-16/h7-12,14,22H,5-6,13H2,1-4H3,(H,30,33)(H,31,34)/b29-12+. The Kier molecular flexibility index (Phi) is 12.4. The van der Waals surface area contributed by atoms with Crippen LogP contribution in [-0.2, 0) is 14.3 Å². The van der Waals surface area contributed by atoms with Crippen molar-refractivity contribution in [2.45, 2.75) is 33.7 Å². The van der Waals surface area contributed by atoms with Gasteiger partial charge in [-0.15, -0.1) is 0 Å². The molecule has 2 rings (SSSR count). The van der Waals surface area contributed by atoms with Crippen LogP contribution in [0.1, 0.15) is 43.6 Å². The topological polar surface area (TPSA) is 115 Å². The Bertz CT molecular complexity index is 1160. The number of halogens is 3. The highest BCUT2D eigenvalue weighted by Gasteiger charge is 2.25. The molecule has 1 unspecified atom stereocenters. The van der Waals surface area contributed by atoms with Crippen molar-refractivity contribution >= 4 is 69.8 Å². The molecule has 0 aromatic heterocycles. The lowest BCUT2D eigenvalue weighted by Crippen LogP contribution is -2.48. The van der Waals surface area contributed by atoms with E-state index in [-0.39, 0.29) is 29.7 Å². The van der Waals surface area contributed by atoms with Gasteiger partial charge in [-0.25, -0.2) is 10.2 Å². The van der Waals surface area contributed by atoms with E-state index in [0.29, 0.717) is 32.3 Å². The number of hydrazone groups is 1. The third kappa shape index (κ3) is 9.35. The van der Waals surface area contributed by atoms with Crippen molar-refractivity contribution < 1.29 is 28.6 Å². The number of nitrogens with one attached hydrogen (secondary N) is 2. The predicted octanol–water partition coefficient (Wildman–Crippen LogP) is 4.84. The van der Waals surface area contributed by atoms with Crippen LogP contribution in [0.15, 0.2) is 35.4 Å². The average Bonchev–Trinajstić information content (AvgIpc) is 2.83. The van der Waals surface area contributed by atoms with E-state index < -0.39 is 23.8 Å². The van der Waals surface area contributed by atoms with E-state index in [0.717, 1.165) is 0 Å². The van der Waals surface area contributed by atoms with Crippen LogP contribution in [0.5, 0.6) is 11.5 Å². The number of benzene rings is 2. The van der Waals surface area contributed by atoms with Gasteiger partial charge in [0.1, 0.15) is 6.04 Å². The van der Waals surface area contributed by atoms with Gasteiger partial charge in [-0.2, -0.15) is 5.10 Å². The van der Waals surface area contributed by atoms with Crippen molar-refractivity contribution in [2.24, 2.45) is 11.0 Å². The van der Waals surface area contributed by atoms with Crippen LogP contribution in [0.4, 0.5) is 0 Å². The molecule has 0 fully saturated rings. The quantitative estimate of drug-likeness (QED) is 0.145. The molecule has 9 nitrogen and oxygen atoms in total. The van der Waals surface area contributed by atoms with Gasteiger partial charge < -0.3 is 19.5 Å². The zero-order valence-electron chi connectivity index (χ0n) is 20.8. The second-order valence-corrected chi connectivity index (χ2v) is 9.89. The molecule has 0 spiro atoms. The molecule has 0 radical (unpaired) electrons. The average molecular weight is 664 g/mol. The van der Waals surface area contributed by atoms with E-state index >= 15 is 0 Å². The Balaban J connectivity index is 2.11. The molecule has 0 bridgehead atoms. The minimum Gasteiger partial charge on any atom is -0.490 e. The van der Waals surface area contributed by atoms with Gasteiger partial charge in [0.25, 0.3) is 11.8 Å². The van der Waals surface area contributed by atoms with Gasteiger partial charge in [0, 0.05) is 5.56 Å². The van der Waals surface area contributed by atoms with E-state index in [1.54, 1.807) is 32.9 Å². The zero-order chi connectivity index (χ0) is 27.5. The lowest BCUT2D eigenvalue weighted by molar-refractivity contribution is -0.145. The van der Waals surface area contributed by atoms with Gasteiger partial charge in [-0.05, 0) is 78.3 Å². The molecule has 0 saturated heterocycles. The Morgan fingerprint density at radius 3 is 2.41 bits per heavy atom. The molecule has 0 heterocycles. The zero-order valence-corrected chi connectivity index (χ0v) is 24.4. The molecule has 2 aromatic rings. The number of ether oxygens (including phenoxy) is 3. The summed E-state index contributed by atoms with van der Waals surface area (Å²) in [6, 6.07) is 7.05. The summed E-state index contributed by atoms with van der Waals surface area (Å²) in [5, 5.41) is 7.30. The number of amides is 2. The maximum Gasteiger partial charge on any atom is 0.344 e. The molecule has 37 heavy (non-hydrogen) atoms. The van der Waals surface area contributed by atoms with Crippen molar-refractivity contribution in [1.29, 1.82) is 0 Å². The van der Waals surface area contributed by atoms with Gasteiger partial charge in [-0.1, -0.05) is 37.0 Å². The summed E-state index contributed by atoms with van der Waals surface area (Å²) in [6.45, 7) is 7.52. The molecule has 200 valence electrons. The molecule has 1 atom stereocenters. The Hall–Kier alpha value is -2.57. The van der Waals surface area contributed by atoms with Crippen LogP contribution in [0.3, 0.4) is 0 Å². The normalized spacial score (nSPS) is 11.8. The Morgan fingerprint density at radius 1 is 1.05 bits per heavy atom. The maximum atomic E-state index is 12.8. The number of nitrogens with zero attached hydrogens (tertiary/aromatic N) is 1. The lowest BCUT2D eigenvalue weighted by Gasteiger charge is -2.20. The first-order valence-electron chi connectivity index (χ1n) is 11.4. The van der Waals surface area contributed by atoms with E-state index in [4.69, 9.17) is 37.4 Å². The number of hydrogen-bond donors (Lipinski definition) is 2. The summed E-state index contributed by atoms with van der Waals surface area (Å²) in [5.41, 5.74) is 3.36. The van der Waals surface area contributed by atoms with Gasteiger partial charge in [-0.3, -0.25) is 9.59 Å². The van der Waals surface area contributed by atoms with Crippen LogP contribution in [0.25, 0.3) is 0 Å². The van der Waals surface area contributed by atoms with E-state index in [9.17, 15) is 14.4 Å². The molecule has 0 aliphatic heterocycles. The molecule has 2 N–H and O–H groups in total. The van der Waals surface area contributed by atoms with E-state index in [2.05, 4.69) is 38.4 Å². The minimum absolute atomic E-state index is 0.219. The fourth-order valence-corrected chi connectivity index (χ4v) is 4.12. The number of hydrogen-bond acceptors (Lipinski definition) is 7. The largest absolute Gasteiger partial charge is 0.490 e. The van der Waals surface area contributed by atoms with Gasteiger partial charge in [0.15, 0.2) is 18.1 Å². The second-order valence-electron chi connectivity index (χ2n) is 7.91. The fraction of sp³-hybridized carbons (Fsp3) is 0.360. The van der Waals surface area contributed by atoms with Crippen molar-refractivity contribution in [3.63, 3.8) is 0 Å². The third-order valence-corrected chi connectivity index (χ3v) is 6.32. The van der Waals surface area contributed by atoms with Gasteiger partial charge >= 0.3 is 5.97 Å². The molecule has 0 saturated carbocycles. The van der Waals surface area contributed by atoms with Crippen LogP contribution in [0.2, 0.25) is 10.0 Å². The molecule has 2 aromatic carbocycles. The molecule has 0 aliphatic carbocycles. The molecule has 0 aliphatic rings. The van der Waals surface area contributed by atoms with Crippen molar-refractivity contribution in [3.05, 3.63) is 55.1 Å². The lowest BCUT2D eigenvalue weighted by atomic mass is 10.0. The first-order chi connectivity index (χ1) is 17.6. The highest BCUT2D eigenvalue weighted by Crippen LogP contribution is 2.34. The number of esters is 1.